The largest absolute Gasteiger partial charge is 0.495 e. The van der Waals surface area contributed by atoms with E-state index in [0.717, 1.165) is 40.8 Å². The molecule has 0 amide bonds. The predicted molar refractivity (Wildman–Crippen MR) is 148 cm³/mol. The molecule has 3 aromatic rings. The Morgan fingerprint density at radius 1 is 0.914 bits per heavy atom. The minimum atomic E-state index is -0.633. The summed E-state index contributed by atoms with van der Waals surface area (Å²) in [6.45, 7) is 7.13. The number of aliphatic hydroxyl groups excluding tert-OH is 1. The summed E-state index contributed by atoms with van der Waals surface area (Å²) in [5.74, 6) is 0.595. The second kappa shape index (κ2) is 14.4. The second-order valence-electron chi connectivity index (χ2n) is 9.40. The zero-order chi connectivity index (χ0) is 25.0. The van der Waals surface area contributed by atoms with Crippen LogP contribution in [-0.4, -0.2) is 41.7 Å². The predicted octanol–water partition coefficient (Wildman–Crippen LogP) is 8.06. The van der Waals surface area contributed by atoms with E-state index >= 15 is 0 Å². The number of methoxy groups -OCH3 is 1. The number of ether oxygens (including phenoxy) is 1. The SMILES string of the molecule is CCCCCCN(CCCCCC)C[C@@H](O)c1cc(-c2ccccc2)nc2cc(Cl)c(OC)cc12. The standard InChI is InChI=1S/C30H41ClN2O2/c1-4-6-8-13-17-33(18-14-9-7-5-2)22-29(34)25-19-27(23-15-11-10-12-16-23)32-28-21-26(31)30(35-3)20-24(25)28/h10-12,15-16,19-21,29,34H,4-9,13-14,17-18,22H2,1-3H3/t29-/m1/s1. The molecule has 5 heteroatoms. The lowest BCUT2D eigenvalue weighted by Gasteiger charge is -2.26. The van der Waals surface area contributed by atoms with Crippen LogP contribution in [-0.2, 0) is 0 Å². The minimum absolute atomic E-state index is 0.520. The fourth-order valence-electron chi connectivity index (χ4n) is 4.60. The molecule has 0 spiro atoms. The molecule has 0 unspecified atom stereocenters. The van der Waals surface area contributed by atoms with Crippen molar-refractivity contribution >= 4 is 22.5 Å². The second-order valence-corrected chi connectivity index (χ2v) is 9.81. The van der Waals surface area contributed by atoms with Crippen LogP contribution < -0.4 is 4.74 Å². The van der Waals surface area contributed by atoms with Crippen LogP contribution >= 0.6 is 11.6 Å². The first kappa shape index (κ1) is 27.4. The van der Waals surface area contributed by atoms with Gasteiger partial charge in [-0.2, -0.15) is 0 Å². The lowest BCUT2D eigenvalue weighted by Crippen LogP contribution is -2.31. The Bertz CT molecular complexity index is 1030. The van der Waals surface area contributed by atoms with Crippen molar-refractivity contribution in [2.24, 2.45) is 0 Å². The molecule has 0 aliphatic carbocycles. The van der Waals surface area contributed by atoms with Gasteiger partial charge in [-0.15, -0.1) is 0 Å². The maximum Gasteiger partial charge on any atom is 0.138 e. The summed E-state index contributed by atoms with van der Waals surface area (Å²) in [5.41, 5.74) is 3.50. The molecule has 4 nitrogen and oxygen atoms in total. The number of nitrogens with zero attached hydrogens (tertiary/aromatic N) is 2. The van der Waals surface area contributed by atoms with Gasteiger partial charge in [-0.1, -0.05) is 94.3 Å². The van der Waals surface area contributed by atoms with Gasteiger partial charge in [0.05, 0.1) is 29.4 Å². The van der Waals surface area contributed by atoms with Gasteiger partial charge in [0.1, 0.15) is 5.75 Å². The lowest BCUT2D eigenvalue weighted by molar-refractivity contribution is 0.111. The summed E-state index contributed by atoms with van der Waals surface area (Å²) in [4.78, 5) is 7.32. The molecule has 1 aromatic heterocycles. The summed E-state index contributed by atoms with van der Waals surface area (Å²) >= 11 is 6.45. The number of rotatable bonds is 15. The normalized spacial score (nSPS) is 12.4. The van der Waals surface area contributed by atoms with Gasteiger partial charge in [0, 0.05) is 17.5 Å². The molecule has 2 aromatic carbocycles. The quantitative estimate of drug-likeness (QED) is 0.216. The van der Waals surface area contributed by atoms with Crippen LogP contribution in [0.3, 0.4) is 0 Å². The van der Waals surface area contributed by atoms with Gasteiger partial charge >= 0.3 is 0 Å². The molecule has 0 saturated carbocycles. The first-order valence-corrected chi connectivity index (χ1v) is 13.6. The van der Waals surface area contributed by atoms with Gasteiger partial charge in [0.15, 0.2) is 0 Å². The molecule has 1 atom stereocenters. The van der Waals surface area contributed by atoms with Crippen LogP contribution in [0.5, 0.6) is 5.75 Å². The first-order valence-electron chi connectivity index (χ1n) is 13.2. The van der Waals surface area contributed by atoms with Gasteiger partial charge in [-0.3, -0.25) is 0 Å². The van der Waals surface area contributed by atoms with Crippen LogP contribution in [0.25, 0.3) is 22.2 Å². The summed E-state index contributed by atoms with van der Waals surface area (Å²) in [5, 5.41) is 13.0. The van der Waals surface area contributed by atoms with E-state index in [-0.39, 0.29) is 0 Å². The third-order valence-electron chi connectivity index (χ3n) is 6.63. The maximum absolute atomic E-state index is 11.6. The van der Waals surface area contributed by atoms with E-state index in [0.29, 0.717) is 17.3 Å². The number of pyridine rings is 1. The van der Waals surface area contributed by atoms with E-state index in [1.165, 1.54) is 51.4 Å². The molecule has 0 saturated heterocycles. The zero-order valence-electron chi connectivity index (χ0n) is 21.6. The summed E-state index contributed by atoms with van der Waals surface area (Å²) in [7, 11) is 1.61. The third kappa shape index (κ3) is 7.93. The van der Waals surface area contributed by atoms with Crippen LogP contribution in [0.15, 0.2) is 48.5 Å². The summed E-state index contributed by atoms with van der Waals surface area (Å²) < 4.78 is 5.48. The Kier molecular flexibility index (Phi) is 11.3. The Balaban J connectivity index is 1.92. The van der Waals surface area contributed by atoms with Crippen LogP contribution in [0.4, 0.5) is 0 Å². The van der Waals surface area contributed by atoms with E-state index in [4.69, 9.17) is 21.3 Å². The molecule has 0 bridgehead atoms. The van der Waals surface area contributed by atoms with Crippen molar-refractivity contribution in [1.82, 2.24) is 9.88 Å². The lowest BCUT2D eigenvalue weighted by atomic mass is 9.99. The van der Waals surface area contributed by atoms with E-state index in [1.807, 2.05) is 48.5 Å². The molecule has 0 aliphatic rings. The number of unbranched alkanes of at least 4 members (excludes halogenated alkanes) is 6. The van der Waals surface area contributed by atoms with Gasteiger partial charge < -0.3 is 14.7 Å². The fourth-order valence-corrected chi connectivity index (χ4v) is 4.84. The highest BCUT2D eigenvalue weighted by atomic mass is 35.5. The average Bonchev–Trinajstić information content (AvgIpc) is 2.88. The molecule has 0 aliphatic heterocycles. The van der Waals surface area contributed by atoms with Gasteiger partial charge in [-0.05, 0) is 49.7 Å². The first-order chi connectivity index (χ1) is 17.1. The Labute approximate surface area is 216 Å². The van der Waals surface area contributed by atoms with E-state index in [9.17, 15) is 5.11 Å². The Morgan fingerprint density at radius 3 is 2.17 bits per heavy atom. The number of benzene rings is 2. The van der Waals surface area contributed by atoms with Crippen molar-refractivity contribution in [2.75, 3.05) is 26.7 Å². The van der Waals surface area contributed by atoms with Gasteiger partial charge in [-0.25, -0.2) is 4.98 Å². The number of aromatic nitrogens is 1. The smallest absolute Gasteiger partial charge is 0.138 e. The van der Waals surface area contributed by atoms with Crippen LogP contribution in [0, 0.1) is 0 Å². The highest BCUT2D eigenvalue weighted by Crippen LogP contribution is 2.35. The fraction of sp³-hybridized carbons (Fsp3) is 0.500. The number of fused-ring (bicyclic) bond motifs is 1. The molecule has 3 rings (SSSR count). The van der Waals surface area contributed by atoms with Crippen molar-refractivity contribution in [2.45, 2.75) is 71.3 Å². The number of hydrogen-bond donors (Lipinski definition) is 1. The van der Waals surface area contributed by atoms with Crippen LogP contribution in [0.2, 0.25) is 5.02 Å². The van der Waals surface area contributed by atoms with E-state index < -0.39 is 6.10 Å². The van der Waals surface area contributed by atoms with Crippen molar-refractivity contribution in [3.8, 4) is 17.0 Å². The molecule has 1 N–H and O–H groups in total. The maximum atomic E-state index is 11.6. The van der Waals surface area contributed by atoms with E-state index in [1.54, 1.807) is 7.11 Å². The van der Waals surface area contributed by atoms with Crippen molar-refractivity contribution < 1.29 is 9.84 Å². The number of aliphatic hydroxyl groups is 1. The highest BCUT2D eigenvalue weighted by Gasteiger charge is 2.19. The van der Waals surface area contributed by atoms with Gasteiger partial charge in [0.2, 0.25) is 0 Å². The molecular weight excluding hydrogens is 456 g/mol. The molecule has 190 valence electrons. The van der Waals surface area contributed by atoms with Crippen molar-refractivity contribution in [1.29, 1.82) is 0 Å². The number of hydrogen-bond acceptors (Lipinski definition) is 4. The molecule has 35 heavy (non-hydrogen) atoms. The Morgan fingerprint density at radius 2 is 1.57 bits per heavy atom. The van der Waals surface area contributed by atoms with Crippen LogP contribution in [0.1, 0.15) is 76.9 Å². The van der Waals surface area contributed by atoms with Gasteiger partial charge in [0.25, 0.3) is 0 Å². The topological polar surface area (TPSA) is 45.6 Å². The molecule has 0 radical (unpaired) electrons. The molecule has 0 fully saturated rings. The summed E-state index contributed by atoms with van der Waals surface area (Å²) in [6.07, 6.45) is 9.18. The molecule has 1 heterocycles. The van der Waals surface area contributed by atoms with E-state index in [2.05, 4.69) is 18.7 Å². The average molecular weight is 497 g/mol. The van der Waals surface area contributed by atoms with Crippen molar-refractivity contribution in [3.63, 3.8) is 0 Å². The number of halogens is 1. The monoisotopic (exact) mass is 496 g/mol. The third-order valence-corrected chi connectivity index (χ3v) is 6.93. The minimum Gasteiger partial charge on any atom is -0.495 e. The molecular formula is C30H41ClN2O2. The zero-order valence-corrected chi connectivity index (χ0v) is 22.4. The highest BCUT2D eigenvalue weighted by molar-refractivity contribution is 6.32. The summed E-state index contributed by atoms with van der Waals surface area (Å²) in [6, 6.07) is 15.9. The van der Waals surface area contributed by atoms with Crippen molar-refractivity contribution in [3.05, 3.63) is 59.1 Å². The Hall–Kier alpha value is -2.14.